The number of carbonyl (C=O) groups excluding carboxylic acids is 3. The fourth-order valence-electron chi connectivity index (χ4n) is 5.76. The maximum absolute atomic E-state index is 13.6. The van der Waals surface area contributed by atoms with Crippen molar-refractivity contribution in [2.24, 2.45) is 11.8 Å². The first-order valence-electron chi connectivity index (χ1n) is 13.4. The summed E-state index contributed by atoms with van der Waals surface area (Å²) in [7, 11) is 1.64. The van der Waals surface area contributed by atoms with Crippen LogP contribution in [-0.4, -0.2) is 71.9 Å². The van der Waals surface area contributed by atoms with Gasteiger partial charge >= 0.3 is 6.09 Å². The van der Waals surface area contributed by atoms with E-state index in [1.807, 2.05) is 15.9 Å². The molecule has 3 aliphatic rings. The molecule has 2 heterocycles. The van der Waals surface area contributed by atoms with Gasteiger partial charge in [0, 0.05) is 51.0 Å². The number of benzene rings is 2. The maximum atomic E-state index is 13.6. The molecule has 5 rings (SSSR count). The number of rotatable bonds is 5. The van der Waals surface area contributed by atoms with Crippen LogP contribution in [0.25, 0.3) is 0 Å². The van der Waals surface area contributed by atoms with Gasteiger partial charge in [0.05, 0.1) is 16.1 Å². The van der Waals surface area contributed by atoms with Crippen molar-refractivity contribution < 1.29 is 23.5 Å². The van der Waals surface area contributed by atoms with Gasteiger partial charge in [-0.1, -0.05) is 35.7 Å². The number of hydrogen-bond acceptors (Lipinski definition) is 4. The Labute approximate surface area is 237 Å². The van der Waals surface area contributed by atoms with Crippen LogP contribution in [0.3, 0.4) is 0 Å². The molecule has 2 atom stereocenters. The first-order valence-corrected chi connectivity index (χ1v) is 14.2. The fourth-order valence-corrected chi connectivity index (χ4v) is 6.07. The smallest absolute Gasteiger partial charge is 0.410 e. The number of likely N-dealkylation sites (N-methyl/N-ethyl adjacent to an activating group) is 1. The van der Waals surface area contributed by atoms with Crippen molar-refractivity contribution in [3.63, 3.8) is 0 Å². The number of halogens is 3. The molecule has 2 aliphatic heterocycles. The second-order valence-corrected chi connectivity index (χ2v) is 11.6. The number of amides is 3. The van der Waals surface area contributed by atoms with Gasteiger partial charge < -0.3 is 19.4 Å². The molecule has 0 bridgehead atoms. The molecule has 7 nitrogen and oxygen atoms in total. The van der Waals surface area contributed by atoms with Crippen molar-refractivity contribution in [3.05, 3.63) is 63.9 Å². The number of piperidine rings is 1. The molecule has 1 aliphatic carbocycles. The Morgan fingerprint density at radius 2 is 1.51 bits per heavy atom. The summed E-state index contributed by atoms with van der Waals surface area (Å²) in [6, 6.07) is 10.2. The highest BCUT2D eigenvalue weighted by Crippen LogP contribution is 2.36. The van der Waals surface area contributed by atoms with Gasteiger partial charge in [-0.15, -0.1) is 0 Å². The van der Waals surface area contributed by atoms with Gasteiger partial charge in [-0.3, -0.25) is 9.59 Å². The fraction of sp³-hybridized carbons (Fsp3) is 0.483. The molecule has 3 amide bonds. The van der Waals surface area contributed by atoms with Gasteiger partial charge in [0.15, 0.2) is 0 Å². The molecule has 0 N–H and O–H groups in total. The van der Waals surface area contributed by atoms with E-state index in [-0.39, 0.29) is 41.4 Å². The average molecular weight is 576 g/mol. The number of hydrogen-bond donors (Lipinski definition) is 0. The Bertz CT molecular complexity index is 1230. The third-order valence-electron chi connectivity index (χ3n) is 8.39. The van der Waals surface area contributed by atoms with Crippen LogP contribution in [0.4, 0.5) is 9.18 Å². The lowest BCUT2D eigenvalue weighted by atomic mass is 9.83. The normalized spacial score (nSPS) is 21.9. The minimum atomic E-state index is -0.603. The van der Waals surface area contributed by atoms with E-state index in [4.69, 9.17) is 27.9 Å². The van der Waals surface area contributed by atoms with Crippen molar-refractivity contribution >= 4 is 41.1 Å². The molecular formula is C29H32Cl2FN3O4. The second kappa shape index (κ2) is 11.7. The zero-order valence-corrected chi connectivity index (χ0v) is 23.3. The highest BCUT2D eigenvalue weighted by atomic mass is 35.5. The molecule has 0 aromatic heterocycles. The van der Waals surface area contributed by atoms with Crippen LogP contribution in [0.2, 0.25) is 10.0 Å². The molecule has 0 spiro atoms. The van der Waals surface area contributed by atoms with Crippen molar-refractivity contribution in [3.8, 4) is 5.75 Å². The lowest BCUT2D eigenvalue weighted by molar-refractivity contribution is -0.143. The lowest BCUT2D eigenvalue weighted by Crippen LogP contribution is -2.47. The number of nitrogens with zero attached hydrogens (tertiary/aromatic N) is 3. The Morgan fingerprint density at radius 3 is 2.13 bits per heavy atom. The zero-order chi connectivity index (χ0) is 27.7. The first kappa shape index (κ1) is 27.7. The summed E-state index contributed by atoms with van der Waals surface area (Å²) in [5, 5.41) is 0.827. The molecule has 3 fully saturated rings. The molecule has 39 heavy (non-hydrogen) atoms. The molecule has 2 unspecified atom stereocenters. The molecule has 2 aromatic carbocycles. The van der Waals surface area contributed by atoms with Gasteiger partial charge in [-0.25, -0.2) is 9.18 Å². The zero-order valence-electron chi connectivity index (χ0n) is 21.8. The molecule has 2 aromatic rings. The Balaban J connectivity index is 1.29. The number of ether oxygens (including phenoxy) is 1. The average Bonchev–Trinajstić information content (AvgIpc) is 3.35. The molecule has 0 radical (unpaired) electrons. The molecule has 10 heteroatoms. The largest absolute Gasteiger partial charge is 0.415 e. The molecule has 1 saturated carbocycles. The van der Waals surface area contributed by atoms with E-state index in [0.29, 0.717) is 49.1 Å². The maximum Gasteiger partial charge on any atom is 0.415 e. The van der Waals surface area contributed by atoms with Crippen LogP contribution in [0, 0.1) is 17.7 Å². The van der Waals surface area contributed by atoms with Gasteiger partial charge in [0.25, 0.3) is 0 Å². The number of likely N-dealkylation sites (tertiary alicyclic amines) is 2. The van der Waals surface area contributed by atoms with E-state index in [2.05, 4.69) is 0 Å². The van der Waals surface area contributed by atoms with E-state index in [1.54, 1.807) is 19.2 Å². The van der Waals surface area contributed by atoms with Crippen molar-refractivity contribution in [2.45, 2.75) is 44.1 Å². The van der Waals surface area contributed by atoms with E-state index in [0.717, 1.165) is 24.8 Å². The highest BCUT2D eigenvalue weighted by Gasteiger charge is 2.43. The summed E-state index contributed by atoms with van der Waals surface area (Å²) in [5.41, 5.74) is 0.868. The van der Waals surface area contributed by atoms with Gasteiger partial charge in [-0.2, -0.15) is 0 Å². The van der Waals surface area contributed by atoms with Crippen LogP contribution in [0.15, 0.2) is 42.5 Å². The molecular weight excluding hydrogens is 544 g/mol. The minimum Gasteiger partial charge on any atom is -0.410 e. The topological polar surface area (TPSA) is 70.2 Å². The standard InChI is InChI=1S/C29H32Cl2FN3O4/c1-33(29(38)39-22-8-6-21(32)7-9-22)26-17-35(16-23(26)20-5-10-24(30)25(31)15-20)28(37)19-11-13-34(14-12-19)27(36)18-3-2-4-18/h5-10,15,18-19,23,26H,2-4,11-14,16-17H2,1H3. The quantitative estimate of drug-likeness (QED) is 0.465. The van der Waals surface area contributed by atoms with Crippen LogP contribution < -0.4 is 4.74 Å². The summed E-state index contributed by atoms with van der Waals surface area (Å²) in [6.45, 7) is 1.95. The van der Waals surface area contributed by atoms with E-state index in [1.165, 1.54) is 29.2 Å². The Hall–Kier alpha value is -2.84. The summed E-state index contributed by atoms with van der Waals surface area (Å²) >= 11 is 12.5. The van der Waals surface area contributed by atoms with Gasteiger partial charge in [0.2, 0.25) is 11.8 Å². The van der Waals surface area contributed by atoms with E-state index in [9.17, 15) is 18.8 Å². The van der Waals surface area contributed by atoms with Crippen LogP contribution >= 0.6 is 23.2 Å². The van der Waals surface area contributed by atoms with Crippen molar-refractivity contribution in [1.82, 2.24) is 14.7 Å². The second-order valence-electron chi connectivity index (χ2n) is 10.8. The lowest BCUT2D eigenvalue weighted by Gasteiger charge is -2.37. The number of carbonyl (C=O) groups is 3. The third-order valence-corrected chi connectivity index (χ3v) is 9.13. The first-order chi connectivity index (χ1) is 18.7. The third kappa shape index (κ3) is 6.02. The van der Waals surface area contributed by atoms with Crippen LogP contribution in [0.1, 0.15) is 43.6 Å². The van der Waals surface area contributed by atoms with Crippen LogP contribution in [0.5, 0.6) is 5.75 Å². The van der Waals surface area contributed by atoms with E-state index >= 15 is 0 Å². The van der Waals surface area contributed by atoms with Crippen molar-refractivity contribution in [2.75, 3.05) is 33.2 Å². The predicted octanol–water partition coefficient (Wildman–Crippen LogP) is 5.60. The predicted molar refractivity (Wildman–Crippen MR) is 146 cm³/mol. The SMILES string of the molecule is CN(C(=O)Oc1ccc(F)cc1)C1CN(C(=O)C2CCN(C(=O)C3CCC3)CC2)CC1c1ccc(Cl)c(Cl)c1. The minimum absolute atomic E-state index is 0.0404. The monoisotopic (exact) mass is 575 g/mol. The summed E-state index contributed by atoms with van der Waals surface area (Å²) in [5.74, 6) is -0.143. The Kier molecular flexibility index (Phi) is 8.33. The summed E-state index contributed by atoms with van der Waals surface area (Å²) in [6.07, 6.45) is 3.73. The molecule has 2 saturated heterocycles. The van der Waals surface area contributed by atoms with E-state index < -0.39 is 11.9 Å². The van der Waals surface area contributed by atoms with Gasteiger partial charge in [-0.05, 0) is 67.6 Å². The van der Waals surface area contributed by atoms with Crippen molar-refractivity contribution in [1.29, 1.82) is 0 Å². The Morgan fingerprint density at radius 1 is 0.872 bits per heavy atom. The summed E-state index contributed by atoms with van der Waals surface area (Å²) < 4.78 is 18.8. The molecule has 208 valence electrons. The van der Waals surface area contributed by atoms with Crippen LogP contribution in [-0.2, 0) is 9.59 Å². The van der Waals surface area contributed by atoms with Gasteiger partial charge in [0.1, 0.15) is 11.6 Å². The summed E-state index contributed by atoms with van der Waals surface area (Å²) in [4.78, 5) is 44.6. The highest BCUT2D eigenvalue weighted by molar-refractivity contribution is 6.42.